The van der Waals surface area contributed by atoms with Gasteiger partial charge in [0.05, 0.1) is 0 Å². The van der Waals surface area contributed by atoms with Crippen LogP contribution in [-0.4, -0.2) is 30.1 Å². The van der Waals surface area contributed by atoms with Crippen molar-refractivity contribution in [2.45, 2.75) is 45.2 Å². The fourth-order valence-corrected chi connectivity index (χ4v) is 3.96. The molecule has 0 aromatic heterocycles. The maximum atomic E-state index is 13.4. The minimum atomic E-state index is -0.512. The second-order valence-electron chi connectivity index (χ2n) is 6.83. The van der Waals surface area contributed by atoms with Crippen LogP contribution in [0.5, 0.6) is 0 Å². The van der Waals surface area contributed by atoms with Gasteiger partial charge in [-0.2, -0.15) is 0 Å². The first-order chi connectivity index (χ1) is 10.0. The third kappa shape index (κ3) is 3.20. The van der Waals surface area contributed by atoms with Gasteiger partial charge in [-0.05, 0) is 50.7 Å². The number of likely N-dealkylation sites (tertiary alicyclic amines) is 1. The van der Waals surface area contributed by atoms with Gasteiger partial charge in [0.25, 0.3) is 0 Å². The van der Waals surface area contributed by atoms with Crippen LogP contribution in [0, 0.1) is 23.5 Å². The van der Waals surface area contributed by atoms with Crippen molar-refractivity contribution < 1.29 is 8.78 Å². The average molecular weight is 294 g/mol. The normalized spacial score (nSPS) is 29.7. The van der Waals surface area contributed by atoms with Crippen molar-refractivity contribution in [3.05, 3.63) is 29.8 Å². The lowest BCUT2D eigenvalue weighted by molar-refractivity contribution is 0.0518. The quantitative estimate of drug-likeness (QED) is 0.910. The lowest BCUT2D eigenvalue weighted by Crippen LogP contribution is -2.56. The summed E-state index contributed by atoms with van der Waals surface area (Å²) in [7, 11) is 0. The van der Waals surface area contributed by atoms with Crippen LogP contribution in [-0.2, 0) is 0 Å². The second kappa shape index (κ2) is 5.91. The molecule has 2 unspecified atom stereocenters. The highest BCUT2D eigenvalue weighted by Crippen LogP contribution is 2.37. The van der Waals surface area contributed by atoms with E-state index in [0.717, 1.165) is 19.2 Å². The Hall–Kier alpha value is -1.16. The molecule has 0 spiro atoms. The highest BCUT2D eigenvalue weighted by Gasteiger charge is 2.39. The van der Waals surface area contributed by atoms with E-state index in [1.165, 1.54) is 31.4 Å². The Morgan fingerprint density at radius 1 is 1.05 bits per heavy atom. The molecule has 1 aliphatic heterocycles. The predicted octanol–water partition coefficient (Wildman–Crippen LogP) is 3.89. The van der Waals surface area contributed by atoms with Gasteiger partial charge in [-0.25, -0.2) is 8.78 Å². The van der Waals surface area contributed by atoms with Gasteiger partial charge < -0.3 is 10.2 Å². The molecule has 1 N–H and O–H groups in total. The molecule has 2 nitrogen and oxygen atoms in total. The Balaban J connectivity index is 1.76. The van der Waals surface area contributed by atoms with Crippen molar-refractivity contribution in [3.63, 3.8) is 0 Å². The van der Waals surface area contributed by atoms with Crippen LogP contribution in [0.25, 0.3) is 0 Å². The largest absolute Gasteiger partial charge is 0.381 e. The van der Waals surface area contributed by atoms with Crippen molar-refractivity contribution in [2.75, 3.05) is 18.4 Å². The summed E-state index contributed by atoms with van der Waals surface area (Å²) in [5.74, 6) is 0.127. The van der Waals surface area contributed by atoms with E-state index in [9.17, 15) is 8.78 Å². The standard InChI is InChI=1S/C17H24F2N2/c1-11(2)21-9-12-4-3-5-13(10-21)17(12)20-16-7-14(18)6-15(19)8-16/h6-8,11-13,17,20H,3-5,9-10H2,1-2H3. The van der Waals surface area contributed by atoms with Crippen LogP contribution in [0.15, 0.2) is 18.2 Å². The summed E-state index contributed by atoms with van der Waals surface area (Å²) in [6, 6.07) is 4.63. The zero-order valence-electron chi connectivity index (χ0n) is 12.8. The molecule has 1 aliphatic carbocycles. The SMILES string of the molecule is CC(C)N1CC2CCCC(C1)C2Nc1cc(F)cc(F)c1. The topological polar surface area (TPSA) is 15.3 Å². The summed E-state index contributed by atoms with van der Waals surface area (Å²) in [5.41, 5.74) is 0.576. The van der Waals surface area contributed by atoms with E-state index in [2.05, 4.69) is 24.1 Å². The van der Waals surface area contributed by atoms with E-state index < -0.39 is 11.6 Å². The first-order valence-electron chi connectivity index (χ1n) is 7.99. The highest BCUT2D eigenvalue weighted by molar-refractivity contribution is 5.45. The summed E-state index contributed by atoms with van der Waals surface area (Å²) in [6.45, 7) is 6.66. The van der Waals surface area contributed by atoms with Gasteiger partial charge in [-0.3, -0.25) is 0 Å². The van der Waals surface area contributed by atoms with Crippen LogP contribution in [0.2, 0.25) is 0 Å². The van der Waals surface area contributed by atoms with Gasteiger partial charge in [0.2, 0.25) is 0 Å². The van der Waals surface area contributed by atoms with E-state index in [-0.39, 0.29) is 0 Å². The van der Waals surface area contributed by atoms with E-state index >= 15 is 0 Å². The third-order valence-corrected chi connectivity index (χ3v) is 5.03. The zero-order chi connectivity index (χ0) is 15.0. The molecule has 0 radical (unpaired) electrons. The van der Waals surface area contributed by atoms with Crippen LogP contribution < -0.4 is 5.32 Å². The number of halogens is 2. The molecule has 21 heavy (non-hydrogen) atoms. The van der Waals surface area contributed by atoms with Gasteiger partial charge in [-0.1, -0.05) is 6.42 Å². The van der Waals surface area contributed by atoms with Crippen LogP contribution in [0.3, 0.4) is 0 Å². The molecule has 1 saturated carbocycles. The number of nitrogens with one attached hydrogen (secondary N) is 1. The zero-order valence-corrected chi connectivity index (χ0v) is 12.8. The van der Waals surface area contributed by atoms with E-state index in [0.29, 0.717) is 29.6 Å². The smallest absolute Gasteiger partial charge is 0.128 e. The van der Waals surface area contributed by atoms with E-state index in [1.807, 2.05) is 0 Å². The number of hydrogen-bond donors (Lipinski definition) is 1. The first-order valence-corrected chi connectivity index (χ1v) is 7.99. The van der Waals surface area contributed by atoms with Gasteiger partial charge in [0.1, 0.15) is 11.6 Å². The number of rotatable bonds is 3. The third-order valence-electron chi connectivity index (χ3n) is 5.03. The summed E-state index contributed by atoms with van der Waals surface area (Å²) < 4.78 is 26.7. The molecule has 2 aliphatic rings. The first kappa shape index (κ1) is 14.8. The Bertz CT molecular complexity index is 469. The lowest BCUT2D eigenvalue weighted by Gasteiger charge is -2.49. The molecule has 2 atom stereocenters. The Morgan fingerprint density at radius 3 is 2.14 bits per heavy atom. The van der Waals surface area contributed by atoms with Gasteiger partial charge in [-0.15, -0.1) is 0 Å². The van der Waals surface area contributed by atoms with Crippen LogP contribution >= 0.6 is 0 Å². The van der Waals surface area contributed by atoms with Gasteiger partial charge in [0.15, 0.2) is 0 Å². The summed E-state index contributed by atoms with van der Waals surface area (Å²) in [6.07, 6.45) is 3.68. The fraction of sp³-hybridized carbons (Fsp3) is 0.647. The van der Waals surface area contributed by atoms with Crippen molar-refractivity contribution in [2.24, 2.45) is 11.8 Å². The molecular weight excluding hydrogens is 270 g/mol. The Labute approximate surface area is 125 Å². The molecule has 2 bridgehead atoms. The number of piperidine rings is 1. The van der Waals surface area contributed by atoms with E-state index in [1.54, 1.807) is 0 Å². The maximum Gasteiger partial charge on any atom is 0.128 e. The van der Waals surface area contributed by atoms with Crippen molar-refractivity contribution in [3.8, 4) is 0 Å². The van der Waals surface area contributed by atoms with Crippen molar-refractivity contribution in [1.82, 2.24) is 4.90 Å². The predicted molar refractivity (Wildman–Crippen MR) is 81.3 cm³/mol. The van der Waals surface area contributed by atoms with Crippen LogP contribution in [0.1, 0.15) is 33.1 Å². The monoisotopic (exact) mass is 294 g/mol. The molecule has 1 heterocycles. The van der Waals surface area contributed by atoms with E-state index in [4.69, 9.17) is 0 Å². The highest BCUT2D eigenvalue weighted by atomic mass is 19.1. The number of fused-ring (bicyclic) bond motifs is 2. The van der Waals surface area contributed by atoms with Crippen molar-refractivity contribution >= 4 is 5.69 Å². The number of anilines is 1. The minimum Gasteiger partial charge on any atom is -0.381 e. The minimum absolute atomic E-state index is 0.343. The van der Waals surface area contributed by atoms with Crippen molar-refractivity contribution in [1.29, 1.82) is 0 Å². The lowest BCUT2D eigenvalue weighted by atomic mass is 9.73. The molecule has 0 amide bonds. The number of benzene rings is 1. The van der Waals surface area contributed by atoms with Gasteiger partial charge in [0, 0.05) is 36.9 Å². The van der Waals surface area contributed by atoms with Gasteiger partial charge >= 0.3 is 0 Å². The maximum absolute atomic E-state index is 13.4. The fourth-order valence-electron chi connectivity index (χ4n) is 3.96. The summed E-state index contributed by atoms with van der Waals surface area (Å²) in [4.78, 5) is 2.54. The number of nitrogens with zero attached hydrogens (tertiary/aromatic N) is 1. The Morgan fingerprint density at radius 2 is 1.62 bits per heavy atom. The Kier molecular flexibility index (Phi) is 4.16. The molecule has 1 aromatic rings. The summed E-state index contributed by atoms with van der Waals surface area (Å²) >= 11 is 0. The molecule has 116 valence electrons. The average Bonchev–Trinajstić information content (AvgIpc) is 2.36. The summed E-state index contributed by atoms with van der Waals surface area (Å²) in [5, 5.41) is 3.42. The molecule has 2 fully saturated rings. The molecular formula is C17H24F2N2. The molecule has 4 heteroatoms. The molecule has 3 rings (SSSR count). The molecule has 1 saturated heterocycles. The number of hydrogen-bond acceptors (Lipinski definition) is 2. The molecule has 1 aromatic carbocycles. The van der Waals surface area contributed by atoms with Crippen LogP contribution in [0.4, 0.5) is 14.5 Å². The second-order valence-corrected chi connectivity index (χ2v) is 6.83.